The number of aromatic nitrogens is 1. The third-order valence-electron chi connectivity index (χ3n) is 2.91. The summed E-state index contributed by atoms with van der Waals surface area (Å²) in [5, 5.41) is 10.4. The van der Waals surface area contributed by atoms with Crippen LogP contribution in [0.4, 0.5) is 0 Å². The molecule has 1 heterocycles. The van der Waals surface area contributed by atoms with E-state index in [9.17, 15) is 9.90 Å². The summed E-state index contributed by atoms with van der Waals surface area (Å²) >= 11 is 1.49. The lowest BCUT2D eigenvalue weighted by atomic mass is 10.4. The number of nitrogens with zero attached hydrogens (tertiary/aromatic N) is 3. The molecule has 0 radical (unpaired) electrons. The summed E-state index contributed by atoms with van der Waals surface area (Å²) < 4.78 is 0. The van der Waals surface area contributed by atoms with Gasteiger partial charge in [0, 0.05) is 19.3 Å². The van der Waals surface area contributed by atoms with Crippen molar-refractivity contribution >= 4 is 17.2 Å². The minimum atomic E-state index is -0.478. The molecule has 0 bridgehead atoms. The minimum Gasteiger partial charge on any atom is -0.388 e. The van der Waals surface area contributed by atoms with Gasteiger partial charge < -0.3 is 10.0 Å². The molecule has 5 nitrogen and oxygen atoms in total. The van der Waals surface area contributed by atoms with Crippen LogP contribution in [-0.4, -0.2) is 52.5 Å². The molecule has 108 valence electrons. The predicted molar refractivity (Wildman–Crippen MR) is 77.0 cm³/mol. The lowest BCUT2D eigenvalue weighted by Gasteiger charge is -2.22. The fraction of sp³-hybridized carbons (Fsp3) is 0.692. The molecule has 0 unspecified atom stereocenters. The van der Waals surface area contributed by atoms with Gasteiger partial charge in [0.2, 0.25) is 5.91 Å². The summed E-state index contributed by atoms with van der Waals surface area (Å²) in [6.07, 6.45) is 1.22. The van der Waals surface area contributed by atoms with Gasteiger partial charge in [-0.1, -0.05) is 0 Å². The fourth-order valence-electron chi connectivity index (χ4n) is 1.78. The van der Waals surface area contributed by atoms with E-state index in [2.05, 4.69) is 4.98 Å². The molecule has 1 rings (SSSR count). The third kappa shape index (κ3) is 4.89. The summed E-state index contributed by atoms with van der Waals surface area (Å²) in [5.74, 6) is 0.139. The van der Waals surface area contributed by atoms with Crippen LogP contribution in [-0.2, 0) is 11.3 Å². The Hall–Kier alpha value is -0.980. The summed E-state index contributed by atoms with van der Waals surface area (Å²) in [6.45, 7) is 8.20. The molecule has 0 aliphatic rings. The van der Waals surface area contributed by atoms with Gasteiger partial charge >= 0.3 is 0 Å². The van der Waals surface area contributed by atoms with Crippen LogP contribution in [0.3, 0.4) is 0 Å². The van der Waals surface area contributed by atoms with Crippen molar-refractivity contribution in [2.75, 3.05) is 26.7 Å². The maximum atomic E-state index is 11.9. The Morgan fingerprint density at radius 3 is 2.58 bits per heavy atom. The average molecular weight is 285 g/mol. The second-order valence-electron chi connectivity index (χ2n) is 4.57. The lowest BCUT2D eigenvalue weighted by Crippen LogP contribution is -2.38. The van der Waals surface area contributed by atoms with E-state index in [1.165, 1.54) is 11.3 Å². The second-order valence-corrected chi connectivity index (χ2v) is 5.72. The standard InChI is InChI=1S/C13H23N3O2S/c1-5-16(6-2)13(18)9-15(4)8-12-14-7-11(19-12)10(3)17/h7,10,17H,5-6,8-9H2,1-4H3/t10-/m0/s1. The summed E-state index contributed by atoms with van der Waals surface area (Å²) in [5.41, 5.74) is 0. The van der Waals surface area contributed by atoms with E-state index in [0.717, 1.165) is 23.0 Å². The van der Waals surface area contributed by atoms with Gasteiger partial charge in [-0.3, -0.25) is 9.69 Å². The Bertz CT molecular complexity index is 402. The highest BCUT2D eigenvalue weighted by Crippen LogP contribution is 2.20. The van der Waals surface area contributed by atoms with Gasteiger partial charge in [0.15, 0.2) is 0 Å². The molecule has 1 atom stereocenters. The topological polar surface area (TPSA) is 56.7 Å². The van der Waals surface area contributed by atoms with Gasteiger partial charge in [-0.25, -0.2) is 4.98 Å². The molecule has 1 N–H and O–H groups in total. The molecule has 0 saturated carbocycles. The molecule has 0 aliphatic heterocycles. The fourth-order valence-corrected chi connectivity index (χ4v) is 2.72. The Labute approximate surface area is 118 Å². The number of thiazole rings is 1. The zero-order valence-electron chi connectivity index (χ0n) is 12.1. The van der Waals surface area contributed by atoms with Crippen molar-refractivity contribution in [1.82, 2.24) is 14.8 Å². The molecular formula is C13H23N3O2S. The maximum Gasteiger partial charge on any atom is 0.236 e. The summed E-state index contributed by atoms with van der Waals surface area (Å²) in [7, 11) is 1.91. The van der Waals surface area contributed by atoms with E-state index in [1.807, 2.05) is 30.7 Å². The number of likely N-dealkylation sites (N-methyl/N-ethyl adjacent to an activating group) is 2. The van der Waals surface area contributed by atoms with Crippen molar-refractivity contribution in [3.63, 3.8) is 0 Å². The Morgan fingerprint density at radius 2 is 2.11 bits per heavy atom. The minimum absolute atomic E-state index is 0.139. The molecule has 0 fully saturated rings. The van der Waals surface area contributed by atoms with Crippen LogP contribution in [0.25, 0.3) is 0 Å². The molecule has 0 spiro atoms. The zero-order chi connectivity index (χ0) is 14.4. The number of aliphatic hydroxyl groups excluding tert-OH is 1. The molecular weight excluding hydrogens is 262 g/mol. The first kappa shape index (κ1) is 16.1. The Morgan fingerprint density at radius 1 is 1.47 bits per heavy atom. The monoisotopic (exact) mass is 285 g/mol. The Balaban J connectivity index is 2.50. The van der Waals surface area contributed by atoms with Crippen molar-refractivity contribution in [2.45, 2.75) is 33.4 Å². The van der Waals surface area contributed by atoms with E-state index in [0.29, 0.717) is 13.1 Å². The lowest BCUT2D eigenvalue weighted by molar-refractivity contribution is -0.131. The van der Waals surface area contributed by atoms with Gasteiger partial charge in [-0.2, -0.15) is 0 Å². The first-order valence-electron chi connectivity index (χ1n) is 6.56. The van der Waals surface area contributed by atoms with E-state index in [-0.39, 0.29) is 5.91 Å². The highest BCUT2D eigenvalue weighted by Gasteiger charge is 2.14. The van der Waals surface area contributed by atoms with Gasteiger partial charge in [0.25, 0.3) is 0 Å². The average Bonchev–Trinajstić information content (AvgIpc) is 2.78. The van der Waals surface area contributed by atoms with Crippen molar-refractivity contribution < 1.29 is 9.90 Å². The molecule has 19 heavy (non-hydrogen) atoms. The first-order chi connectivity index (χ1) is 8.97. The predicted octanol–water partition coefficient (Wildman–Crippen LogP) is 1.50. The molecule has 1 aromatic rings. The van der Waals surface area contributed by atoms with Crippen LogP contribution < -0.4 is 0 Å². The van der Waals surface area contributed by atoms with Gasteiger partial charge in [0.1, 0.15) is 5.01 Å². The molecule has 0 aliphatic carbocycles. The van der Waals surface area contributed by atoms with Crippen LogP contribution in [0, 0.1) is 0 Å². The molecule has 1 aromatic heterocycles. The number of hydrogen-bond acceptors (Lipinski definition) is 5. The molecule has 1 amide bonds. The van der Waals surface area contributed by atoms with Crippen molar-refractivity contribution in [3.05, 3.63) is 16.1 Å². The number of aliphatic hydroxyl groups is 1. The number of hydrogen-bond donors (Lipinski definition) is 1. The van der Waals surface area contributed by atoms with Crippen LogP contribution in [0.5, 0.6) is 0 Å². The van der Waals surface area contributed by atoms with Crippen molar-refractivity contribution in [2.24, 2.45) is 0 Å². The zero-order valence-corrected chi connectivity index (χ0v) is 12.9. The quantitative estimate of drug-likeness (QED) is 0.825. The third-order valence-corrected chi connectivity index (χ3v) is 4.06. The van der Waals surface area contributed by atoms with Gasteiger partial charge in [0.05, 0.1) is 24.1 Å². The SMILES string of the molecule is CCN(CC)C(=O)CN(C)Cc1ncc([C@H](C)O)s1. The van der Waals surface area contributed by atoms with Crippen molar-refractivity contribution in [3.8, 4) is 0 Å². The van der Waals surface area contributed by atoms with Crippen molar-refractivity contribution in [1.29, 1.82) is 0 Å². The van der Waals surface area contributed by atoms with Gasteiger partial charge in [-0.05, 0) is 27.8 Å². The highest BCUT2D eigenvalue weighted by molar-refractivity contribution is 7.11. The van der Waals surface area contributed by atoms with E-state index in [4.69, 9.17) is 0 Å². The number of amides is 1. The number of rotatable bonds is 7. The van der Waals surface area contributed by atoms with E-state index in [1.54, 1.807) is 13.1 Å². The van der Waals surface area contributed by atoms with Crippen LogP contribution in [0.1, 0.15) is 36.8 Å². The number of carbonyl (C=O) groups is 1. The highest BCUT2D eigenvalue weighted by atomic mass is 32.1. The van der Waals surface area contributed by atoms with Gasteiger partial charge in [-0.15, -0.1) is 11.3 Å². The second kappa shape index (κ2) is 7.57. The summed E-state index contributed by atoms with van der Waals surface area (Å²) in [4.78, 5) is 20.8. The summed E-state index contributed by atoms with van der Waals surface area (Å²) in [6, 6.07) is 0. The van der Waals surface area contributed by atoms with E-state index < -0.39 is 6.10 Å². The molecule has 6 heteroatoms. The van der Waals surface area contributed by atoms with Crippen LogP contribution in [0.15, 0.2) is 6.20 Å². The smallest absolute Gasteiger partial charge is 0.236 e. The normalized spacial score (nSPS) is 12.7. The Kier molecular flexibility index (Phi) is 6.41. The number of carbonyl (C=O) groups excluding carboxylic acids is 1. The molecule has 0 aromatic carbocycles. The van der Waals surface area contributed by atoms with Crippen LogP contribution in [0.2, 0.25) is 0 Å². The molecule has 0 saturated heterocycles. The maximum absolute atomic E-state index is 11.9. The largest absolute Gasteiger partial charge is 0.388 e. The first-order valence-corrected chi connectivity index (χ1v) is 7.38. The van der Waals surface area contributed by atoms with Crippen LogP contribution >= 0.6 is 11.3 Å². The van der Waals surface area contributed by atoms with E-state index >= 15 is 0 Å².